The predicted octanol–water partition coefficient (Wildman–Crippen LogP) is 4.06. The summed E-state index contributed by atoms with van der Waals surface area (Å²) < 4.78 is 52.2. The molecule has 2 fully saturated rings. The highest BCUT2D eigenvalue weighted by Gasteiger charge is 2.49. The van der Waals surface area contributed by atoms with Crippen molar-refractivity contribution in [2.24, 2.45) is 11.8 Å². The van der Waals surface area contributed by atoms with Crippen molar-refractivity contribution in [3.8, 4) is 0 Å². The first-order chi connectivity index (χ1) is 16.5. The Morgan fingerprint density at radius 3 is 2.37 bits per heavy atom. The van der Waals surface area contributed by atoms with Gasteiger partial charge in [0.1, 0.15) is 22.7 Å². The lowest BCUT2D eigenvalue weighted by Crippen LogP contribution is -2.50. The third-order valence-electron chi connectivity index (χ3n) is 6.95. The summed E-state index contributed by atoms with van der Waals surface area (Å²) >= 11 is 5.62. The van der Waals surface area contributed by atoms with Gasteiger partial charge in [0.15, 0.2) is 9.84 Å². The SMILES string of the molecule is CS(=O)(=O)c1cccc(C(=O)N2[C@@H](C(=O)N[C@@H](c3cc(F)c(Cl)c(F)c3)C3CC3)C[C@H]3C=C[C@H]32)c1. The molecule has 1 saturated heterocycles. The van der Waals surface area contributed by atoms with Crippen LogP contribution in [0.4, 0.5) is 8.78 Å². The smallest absolute Gasteiger partial charge is 0.255 e. The second-order valence-electron chi connectivity index (χ2n) is 9.43. The second-order valence-corrected chi connectivity index (χ2v) is 11.8. The van der Waals surface area contributed by atoms with Crippen LogP contribution in [-0.2, 0) is 14.6 Å². The molecule has 2 amide bonds. The molecular formula is C25H23ClF2N2O4S. The number of carbonyl (C=O) groups excluding carboxylic acids is 2. The Hall–Kier alpha value is -2.78. The van der Waals surface area contributed by atoms with E-state index in [-0.39, 0.29) is 33.9 Å². The molecule has 0 spiro atoms. The van der Waals surface area contributed by atoms with Crippen LogP contribution in [0.5, 0.6) is 0 Å². The van der Waals surface area contributed by atoms with E-state index in [4.69, 9.17) is 11.6 Å². The summed E-state index contributed by atoms with van der Waals surface area (Å²) in [5.41, 5.74) is 0.463. The van der Waals surface area contributed by atoms with Crippen LogP contribution >= 0.6 is 11.6 Å². The molecule has 0 bridgehead atoms. The molecule has 0 unspecified atom stereocenters. The van der Waals surface area contributed by atoms with E-state index in [0.717, 1.165) is 31.2 Å². The molecule has 35 heavy (non-hydrogen) atoms. The molecule has 1 saturated carbocycles. The Balaban J connectivity index is 1.42. The molecule has 2 aliphatic carbocycles. The number of halogens is 3. The molecule has 10 heteroatoms. The van der Waals surface area contributed by atoms with Crippen LogP contribution in [-0.4, -0.2) is 43.5 Å². The van der Waals surface area contributed by atoms with Crippen molar-refractivity contribution in [2.75, 3.05) is 6.26 Å². The number of amides is 2. The third-order valence-corrected chi connectivity index (χ3v) is 8.42. The number of benzene rings is 2. The van der Waals surface area contributed by atoms with Gasteiger partial charge in [-0.05, 0) is 61.1 Å². The molecule has 5 rings (SSSR count). The van der Waals surface area contributed by atoms with Crippen molar-refractivity contribution >= 4 is 33.3 Å². The molecule has 1 heterocycles. The Labute approximate surface area is 206 Å². The number of sulfone groups is 1. The molecule has 4 atom stereocenters. The lowest BCUT2D eigenvalue weighted by Gasteiger charge is -2.33. The minimum absolute atomic E-state index is 0.0117. The number of carbonyl (C=O) groups is 2. The molecule has 6 nitrogen and oxygen atoms in total. The number of likely N-dealkylation sites (tertiary alicyclic amines) is 1. The lowest BCUT2D eigenvalue weighted by atomic mass is 9.89. The Morgan fingerprint density at radius 1 is 1.11 bits per heavy atom. The van der Waals surface area contributed by atoms with Crippen LogP contribution in [0.15, 0.2) is 53.4 Å². The average molecular weight is 521 g/mol. The first kappa shape index (κ1) is 23.9. The third kappa shape index (κ3) is 4.47. The van der Waals surface area contributed by atoms with E-state index < -0.39 is 50.4 Å². The van der Waals surface area contributed by atoms with Gasteiger partial charge in [0, 0.05) is 17.7 Å². The predicted molar refractivity (Wildman–Crippen MR) is 126 cm³/mol. The van der Waals surface area contributed by atoms with Gasteiger partial charge < -0.3 is 10.2 Å². The van der Waals surface area contributed by atoms with Crippen LogP contribution in [0.3, 0.4) is 0 Å². The first-order valence-electron chi connectivity index (χ1n) is 11.3. The molecule has 1 aliphatic heterocycles. The highest BCUT2D eigenvalue weighted by molar-refractivity contribution is 7.90. The molecule has 1 N–H and O–H groups in total. The van der Waals surface area contributed by atoms with Crippen LogP contribution < -0.4 is 5.32 Å². The van der Waals surface area contributed by atoms with E-state index in [0.29, 0.717) is 6.42 Å². The van der Waals surface area contributed by atoms with E-state index in [1.165, 1.54) is 29.2 Å². The van der Waals surface area contributed by atoms with Crippen molar-refractivity contribution < 1.29 is 26.8 Å². The molecule has 184 valence electrons. The highest BCUT2D eigenvalue weighted by atomic mass is 35.5. The van der Waals surface area contributed by atoms with E-state index in [2.05, 4.69) is 5.32 Å². The van der Waals surface area contributed by atoms with Crippen molar-refractivity contribution in [3.05, 3.63) is 76.3 Å². The topological polar surface area (TPSA) is 83.6 Å². The number of nitrogens with zero attached hydrogens (tertiary/aromatic N) is 1. The molecule has 3 aliphatic rings. The van der Waals surface area contributed by atoms with E-state index in [1.807, 2.05) is 12.2 Å². The lowest BCUT2D eigenvalue weighted by molar-refractivity contribution is -0.126. The fraction of sp³-hybridized carbons (Fsp3) is 0.360. The van der Waals surface area contributed by atoms with Gasteiger partial charge in [-0.15, -0.1) is 0 Å². The van der Waals surface area contributed by atoms with Gasteiger partial charge in [0.05, 0.1) is 17.0 Å². The van der Waals surface area contributed by atoms with Gasteiger partial charge in [-0.25, -0.2) is 17.2 Å². The quantitative estimate of drug-likeness (QED) is 0.460. The van der Waals surface area contributed by atoms with Crippen LogP contribution in [0.2, 0.25) is 5.02 Å². The van der Waals surface area contributed by atoms with E-state index >= 15 is 0 Å². The van der Waals surface area contributed by atoms with Crippen LogP contribution in [0.25, 0.3) is 0 Å². The van der Waals surface area contributed by atoms with Gasteiger partial charge in [-0.2, -0.15) is 0 Å². The number of fused-ring (bicyclic) bond motifs is 1. The zero-order valence-corrected chi connectivity index (χ0v) is 20.3. The fourth-order valence-electron chi connectivity index (χ4n) is 4.89. The molecule has 0 radical (unpaired) electrons. The van der Waals surface area contributed by atoms with E-state index in [1.54, 1.807) is 0 Å². The summed E-state index contributed by atoms with van der Waals surface area (Å²) in [6.45, 7) is 0. The standard InChI is InChI=1S/C25H23ClF2N2O4S/c1-35(33,34)17-4-2-3-15(9-17)25(32)30-20-8-7-14(20)12-21(30)24(31)29-23(13-5-6-13)16-10-18(27)22(26)19(28)11-16/h2-4,7-11,13-14,20-21,23H,5-6,12H2,1H3,(H,29,31)/t14-,20-,21-,23-/m1/s1. The maximum absolute atomic E-state index is 14.1. The summed E-state index contributed by atoms with van der Waals surface area (Å²) in [4.78, 5) is 28.4. The summed E-state index contributed by atoms with van der Waals surface area (Å²) in [5, 5.41) is 2.32. The summed E-state index contributed by atoms with van der Waals surface area (Å²) in [7, 11) is -3.52. The van der Waals surface area contributed by atoms with Gasteiger partial charge in [-0.1, -0.05) is 29.8 Å². The fourth-order valence-corrected chi connectivity index (χ4v) is 5.67. The number of nitrogens with one attached hydrogen (secondary N) is 1. The van der Waals surface area contributed by atoms with Crippen LogP contribution in [0.1, 0.15) is 41.2 Å². The second kappa shape index (κ2) is 8.71. The first-order valence-corrected chi connectivity index (χ1v) is 13.6. The van der Waals surface area contributed by atoms with Crippen molar-refractivity contribution in [1.82, 2.24) is 10.2 Å². The van der Waals surface area contributed by atoms with Crippen molar-refractivity contribution in [1.29, 1.82) is 0 Å². The van der Waals surface area contributed by atoms with Gasteiger partial charge in [0.2, 0.25) is 5.91 Å². The van der Waals surface area contributed by atoms with E-state index in [9.17, 15) is 26.8 Å². The van der Waals surface area contributed by atoms with Crippen molar-refractivity contribution in [2.45, 2.75) is 42.3 Å². The highest BCUT2D eigenvalue weighted by Crippen LogP contribution is 2.43. The monoisotopic (exact) mass is 520 g/mol. The summed E-state index contributed by atoms with van der Waals surface area (Å²) in [6.07, 6.45) is 6.86. The Morgan fingerprint density at radius 2 is 1.80 bits per heavy atom. The van der Waals surface area contributed by atoms with Gasteiger partial charge in [-0.3, -0.25) is 9.59 Å². The Bertz CT molecular complexity index is 1340. The zero-order valence-electron chi connectivity index (χ0n) is 18.7. The van der Waals surface area contributed by atoms with Gasteiger partial charge >= 0.3 is 0 Å². The zero-order chi connectivity index (χ0) is 25.1. The summed E-state index contributed by atoms with van der Waals surface area (Å²) in [5.74, 6) is -2.61. The van der Waals surface area contributed by atoms with Crippen LogP contribution in [0, 0.1) is 23.5 Å². The summed E-state index contributed by atoms with van der Waals surface area (Å²) in [6, 6.07) is 6.32. The van der Waals surface area contributed by atoms with Gasteiger partial charge in [0.25, 0.3) is 5.91 Å². The average Bonchev–Trinajstić information content (AvgIpc) is 3.59. The minimum Gasteiger partial charge on any atom is -0.347 e. The molecule has 2 aromatic carbocycles. The minimum atomic E-state index is -3.52. The number of hydrogen-bond acceptors (Lipinski definition) is 4. The molecular weight excluding hydrogens is 498 g/mol. The van der Waals surface area contributed by atoms with Crippen molar-refractivity contribution in [3.63, 3.8) is 0 Å². The maximum atomic E-state index is 14.1. The largest absolute Gasteiger partial charge is 0.347 e. The molecule has 2 aromatic rings. The number of hydrogen-bond donors (Lipinski definition) is 1. The molecule has 0 aromatic heterocycles. The normalized spacial score (nSPS) is 24.0. The Kier molecular flexibility index (Phi) is 5.96. The number of rotatable bonds is 6. The maximum Gasteiger partial charge on any atom is 0.255 e.